The molecule has 2 heterocycles. The van der Waals surface area contributed by atoms with Crippen LogP contribution in [0.25, 0.3) is 11.3 Å². The minimum absolute atomic E-state index is 0.679. The number of fused-ring (bicyclic) bond motifs is 1. The Hall–Kier alpha value is -1.87. The van der Waals surface area contributed by atoms with Gasteiger partial charge in [-0.3, -0.25) is 0 Å². The van der Waals surface area contributed by atoms with Crippen LogP contribution in [0.5, 0.6) is 5.88 Å². The van der Waals surface area contributed by atoms with Gasteiger partial charge < -0.3 is 10.1 Å². The Kier molecular flexibility index (Phi) is 3.70. The van der Waals surface area contributed by atoms with E-state index in [0.29, 0.717) is 6.61 Å². The number of pyridine rings is 1. The van der Waals surface area contributed by atoms with Crippen LogP contribution in [-0.4, -0.2) is 18.1 Å². The van der Waals surface area contributed by atoms with Crippen molar-refractivity contribution in [3.8, 4) is 17.1 Å². The topological polar surface area (TPSA) is 34.1 Å². The molecule has 20 heavy (non-hydrogen) atoms. The third-order valence-electron chi connectivity index (χ3n) is 3.69. The molecule has 1 aliphatic rings. The fourth-order valence-electron chi connectivity index (χ4n) is 2.59. The summed E-state index contributed by atoms with van der Waals surface area (Å²) in [7, 11) is 0. The van der Waals surface area contributed by atoms with E-state index in [2.05, 4.69) is 49.5 Å². The van der Waals surface area contributed by atoms with Gasteiger partial charge in [0, 0.05) is 24.2 Å². The van der Waals surface area contributed by atoms with Gasteiger partial charge in [0.1, 0.15) is 6.61 Å². The van der Waals surface area contributed by atoms with Crippen molar-refractivity contribution in [2.45, 2.75) is 26.8 Å². The number of rotatable bonds is 2. The van der Waals surface area contributed by atoms with Crippen molar-refractivity contribution in [3.05, 3.63) is 47.0 Å². The summed E-state index contributed by atoms with van der Waals surface area (Å²) in [6, 6.07) is 10.8. The summed E-state index contributed by atoms with van der Waals surface area (Å²) in [6.07, 6.45) is 1.01. The molecule has 0 radical (unpaired) electrons. The van der Waals surface area contributed by atoms with Gasteiger partial charge in [-0.05, 0) is 25.0 Å². The summed E-state index contributed by atoms with van der Waals surface area (Å²) in [5, 5.41) is 3.33. The second-order valence-electron chi connectivity index (χ2n) is 5.20. The Labute approximate surface area is 120 Å². The molecule has 3 heteroatoms. The molecule has 3 rings (SSSR count). The van der Waals surface area contributed by atoms with E-state index in [1.54, 1.807) is 0 Å². The Morgan fingerprint density at radius 3 is 3.00 bits per heavy atom. The van der Waals surface area contributed by atoms with Gasteiger partial charge in [0.05, 0.1) is 5.69 Å². The van der Waals surface area contributed by atoms with Crippen molar-refractivity contribution in [2.75, 3.05) is 13.2 Å². The highest BCUT2D eigenvalue weighted by atomic mass is 16.5. The maximum absolute atomic E-state index is 5.73. The largest absolute Gasteiger partial charge is 0.476 e. The van der Waals surface area contributed by atoms with Gasteiger partial charge in [-0.1, -0.05) is 36.8 Å². The van der Waals surface area contributed by atoms with Crippen molar-refractivity contribution in [3.63, 3.8) is 0 Å². The quantitative estimate of drug-likeness (QED) is 0.908. The van der Waals surface area contributed by atoms with Crippen LogP contribution in [0.15, 0.2) is 30.3 Å². The molecule has 0 spiro atoms. The van der Waals surface area contributed by atoms with Gasteiger partial charge in [-0.15, -0.1) is 0 Å². The Morgan fingerprint density at radius 1 is 1.25 bits per heavy atom. The second-order valence-corrected chi connectivity index (χ2v) is 5.20. The van der Waals surface area contributed by atoms with E-state index in [-0.39, 0.29) is 0 Å². The molecule has 0 bridgehead atoms. The number of aryl methyl sites for hydroxylation is 2. The van der Waals surface area contributed by atoms with Crippen LogP contribution in [-0.2, 0) is 13.0 Å². The van der Waals surface area contributed by atoms with E-state index in [4.69, 9.17) is 9.72 Å². The Bertz CT molecular complexity index is 622. The molecule has 104 valence electrons. The fraction of sp³-hybridized carbons (Fsp3) is 0.353. The number of ether oxygens (including phenoxy) is 1. The monoisotopic (exact) mass is 268 g/mol. The molecule has 0 fully saturated rings. The summed E-state index contributed by atoms with van der Waals surface area (Å²) >= 11 is 0. The van der Waals surface area contributed by atoms with Crippen molar-refractivity contribution in [2.24, 2.45) is 0 Å². The minimum atomic E-state index is 0.679. The molecule has 1 aromatic heterocycles. The number of nitrogens with zero attached hydrogens (tertiary/aromatic N) is 1. The molecule has 0 saturated heterocycles. The highest BCUT2D eigenvalue weighted by Gasteiger charge is 2.13. The Morgan fingerprint density at radius 2 is 2.15 bits per heavy atom. The summed E-state index contributed by atoms with van der Waals surface area (Å²) in [5.41, 5.74) is 5.98. The third-order valence-corrected chi connectivity index (χ3v) is 3.69. The standard InChI is InChI=1S/C17H20N2O/c1-3-13-10-12(2)4-6-15(13)16-7-5-14-11-18-8-9-20-17(14)19-16/h4-7,10,18H,3,8-9,11H2,1-2H3. The zero-order chi connectivity index (χ0) is 13.9. The van der Waals surface area contributed by atoms with Crippen LogP contribution in [0.2, 0.25) is 0 Å². The molecule has 0 aliphatic carbocycles. The molecular formula is C17H20N2O. The maximum atomic E-state index is 5.73. The molecule has 2 aromatic rings. The average Bonchev–Trinajstić information content (AvgIpc) is 2.71. The normalized spacial score (nSPS) is 14.3. The van der Waals surface area contributed by atoms with Crippen LogP contribution in [0.1, 0.15) is 23.6 Å². The molecule has 0 saturated carbocycles. The molecule has 1 N–H and O–H groups in total. The average molecular weight is 268 g/mol. The second kappa shape index (κ2) is 5.63. The molecular weight excluding hydrogens is 248 g/mol. The van der Waals surface area contributed by atoms with E-state index in [9.17, 15) is 0 Å². The molecule has 0 unspecified atom stereocenters. The van der Waals surface area contributed by atoms with Crippen molar-refractivity contribution in [1.29, 1.82) is 0 Å². The number of hydrogen-bond donors (Lipinski definition) is 1. The number of aromatic nitrogens is 1. The van der Waals surface area contributed by atoms with E-state index < -0.39 is 0 Å². The summed E-state index contributed by atoms with van der Waals surface area (Å²) in [5.74, 6) is 0.773. The van der Waals surface area contributed by atoms with Crippen LogP contribution in [0.3, 0.4) is 0 Å². The lowest BCUT2D eigenvalue weighted by molar-refractivity contribution is 0.314. The zero-order valence-electron chi connectivity index (χ0n) is 12.1. The van der Waals surface area contributed by atoms with Crippen molar-refractivity contribution < 1.29 is 4.74 Å². The van der Waals surface area contributed by atoms with Crippen LogP contribution in [0, 0.1) is 6.92 Å². The van der Waals surface area contributed by atoms with Crippen LogP contribution in [0.4, 0.5) is 0 Å². The third kappa shape index (κ3) is 2.54. The lowest BCUT2D eigenvalue weighted by Crippen LogP contribution is -2.16. The van der Waals surface area contributed by atoms with Crippen LogP contribution < -0.4 is 10.1 Å². The first kappa shape index (κ1) is 13.1. The van der Waals surface area contributed by atoms with Crippen molar-refractivity contribution >= 4 is 0 Å². The zero-order valence-corrected chi connectivity index (χ0v) is 12.1. The van der Waals surface area contributed by atoms with Gasteiger partial charge in [0.2, 0.25) is 5.88 Å². The first-order valence-corrected chi connectivity index (χ1v) is 7.21. The van der Waals surface area contributed by atoms with E-state index in [1.807, 2.05) is 0 Å². The summed E-state index contributed by atoms with van der Waals surface area (Å²) < 4.78 is 5.73. The molecule has 0 amide bonds. The Balaban J connectivity index is 2.04. The lowest BCUT2D eigenvalue weighted by Gasteiger charge is -2.11. The number of nitrogens with one attached hydrogen (secondary N) is 1. The lowest BCUT2D eigenvalue weighted by atomic mass is 9.99. The molecule has 3 nitrogen and oxygen atoms in total. The van der Waals surface area contributed by atoms with Gasteiger partial charge in [0.25, 0.3) is 0 Å². The van der Waals surface area contributed by atoms with Crippen molar-refractivity contribution in [1.82, 2.24) is 10.3 Å². The highest BCUT2D eigenvalue weighted by Crippen LogP contribution is 2.27. The summed E-state index contributed by atoms with van der Waals surface area (Å²) in [6.45, 7) is 6.69. The summed E-state index contributed by atoms with van der Waals surface area (Å²) in [4.78, 5) is 4.72. The van der Waals surface area contributed by atoms with Gasteiger partial charge in [0.15, 0.2) is 0 Å². The van der Waals surface area contributed by atoms with Gasteiger partial charge >= 0.3 is 0 Å². The highest BCUT2D eigenvalue weighted by molar-refractivity contribution is 5.65. The smallest absolute Gasteiger partial charge is 0.218 e. The number of hydrogen-bond acceptors (Lipinski definition) is 3. The molecule has 1 aliphatic heterocycles. The van der Waals surface area contributed by atoms with Gasteiger partial charge in [-0.25, -0.2) is 4.98 Å². The molecule has 1 aromatic carbocycles. The first-order chi connectivity index (χ1) is 9.78. The maximum Gasteiger partial charge on any atom is 0.218 e. The minimum Gasteiger partial charge on any atom is -0.476 e. The molecule has 0 atom stereocenters. The van der Waals surface area contributed by atoms with Crippen LogP contribution >= 0.6 is 0 Å². The predicted molar refractivity (Wildman–Crippen MR) is 81.0 cm³/mol. The van der Waals surface area contributed by atoms with E-state index in [1.165, 1.54) is 16.7 Å². The fourth-order valence-corrected chi connectivity index (χ4v) is 2.59. The number of benzene rings is 1. The van der Waals surface area contributed by atoms with Gasteiger partial charge in [-0.2, -0.15) is 0 Å². The first-order valence-electron chi connectivity index (χ1n) is 7.21. The SMILES string of the molecule is CCc1cc(C)ccc1-c1ccc2c(n1)OCCNC2. The van der Waals surface area contributed by atoms with E-state index in [0.717, 1.165) is 36.6 Å². The predicted octanol–water partition coefficient (Wildman–Crippen LogP) is 3.10. The van der Waals surface area contributed by atoms with E-state index >= 15 is 0 Å².